The van der Waals surface area contributed by atoms with Crippen LogP contribution in [0.4, 0.5) is 0 Å². The number of nitrogens with one attached hydrogen (secondary N) is 1. The number of benzene rings is 1. The summed E-state index contributed by atoms with van der Waals surface area (Å²) in [5.41, 5.74) is 3.94. The monoisotopic (exact) mass is 450 g/mol. The lowest BCUT2D eigenvalue weighted by Gasteiger charge is -2.25. The highest BCUT2D eigenvalue weighted by Gasteiger charge is 2.30. The molecule has 1 aliphatic carbocycles. The van der Waals surface area contributed by atoms with Gasteiger partial charge in [0.2, 0.25) is 5.91 Å². The van der Waals surface area contributed by atoms with Crippen LogP contribution in [0.3, 0.4) is 0 Å². The second-order valence-electron chi connectivity index (χ2n) is 8.17. The standard InChI is InChI=1S/C24H30N6O3/c1-3-11-30(12-4-2)24(32)20-13-19-10-9-18(14-21(19)26-22(15-20)27-29-25)16-5-7-17(8-6-16)23(31)28-33/h5-10,13,21-22,26H,3-4,11-12,14-15H2,1-2H3,(H2,25,27). The van der Waals surface area contributed by atoms with E-state index < -0.39 is 12.1 Å². The lowest BCUT2D eigenvalue weighted by Crippen LogP contribution is -2.39. The molecule has 2 aliphatic rings. The van der Waals surface area contributed by atoms with Gasteiger partial charge in [0.25, 0.3) is 0 Å². The van der Waals surface area contributed by atoms with E-state index in [0.717, 1.165) is 29.6 Å². The molecule has 3 rings (SSSR count). The molecule has 2 atom stereocenters. The number of hydrogen-bond acceptors (Lipinski definition) is 6. The molecular weight excluding hydrogens is 420 g/mol. The average Bonchev–Trinajstić information content (AvgIpc) is 3.02. The quantitative estimate of drug-likeness (QED) is 0.269. The van der Waals surface area contributed by atoms with Crippen LogP contribution in [0.1, 0.15) is 55.5 Å². The predicted octanol–water partition coefficient (Wildman–Crippen LogP) is 3.90. The summed E-state index contributed by atoms with van der Waals surface area (Å²) in [4.78, 5) is 37.1. The van der Waals surface area contributed by atoms with Gasteiger partial charge in [-0.05, 0) is 54.2 Å². The third kappa shape index (κ3) is 5.87. The van der Waals surface area contributed by atoms with E-state index in [4.69, 9.17) is 5.84 Å². The molecule has 0 saturated heterocycles. The van der Waals surface area contributed by atoms with Crippen LogP contribution in [0, 0.1) is 4.91 Å². The summed E-state index contributed by atoms with van der Waals surface area (Å²) in [6.07, 6.45) is 8.43. The number of nitrogens with two attached hydrogens (primary N) is 1. The summed E-state index contributed by atoms with van der Waals surface area (Å²) in [7, 11) is 0. The van der Waals surface area contributed by atoms with Crippen LogP contribution in [0.5, 0.6) is 0 Å². The van der Waals surface area contributed by atoms with Crippen molar-refractivity contribution in [3.63, 3.8) is 0 Å². The van der Waals surface area contributed by atoms with Gasteiger partial charge in [-0.1, -0.05) is 43.4 Å². The lowest BCUT2D eigenvalue weighted by molar-refractivity contribution is -0.127. The normalized spacial score (nSPS) is 20.2. The van der Waals surface area contributed by atoms with Crippen molar-refractivity contribution in [2.45, 2.75) is 51.7 Å². The molecule has 33 heavy (non-hydrogen) atoms. The van der Waals surface area contributed by atoms with Gasteiger partial charge in [-0.25, -0.2) is 0 Å². The van der Waals surface area contributed by atoms with Crippen LogP contribution in [0.15, 0.2) is 69.2 Å². The zero-order valence-corrected chi connectivity index (χ0v) is 19.0. The first-order chi connectivity index (χ1) is 16.0. The topological polar surface area (TPSA) is 130 Å². The summed E-state index contributed by atoms with van der Waals surface area (Å²) < 4.78 is 0. The first-order valence-electron chi connectivity index (χ1n) is 11.3. The van der Waals surface area contributed by atoms with Gasteiger partial charge in [0.1, 0.15) is 6.17 Å². The van der Waals surface area contributed by atoms with Crippen molar-refractivity contribution in [3.05, 3.63) is 69.7 Å². The van der Waals surface area contributed by atoms with Gasteiger partial charge in [0.15, 0.2) is 0 Å². The van der Waals surface area contributed by atoms with Crippen molar-refractivity contribution in [2.75, 3.05) is 13.1 Å². The smallest absolute Gasteiger partial charge is 0.316 e. The van der Waals surface area contributed by atoms with E-state index in [9.17, 15) is 14.5 Å². The Morgan fingerprint density at radius 3 is 2.39 bits per heavy atom. The van der Waals surface area contributed by atoms with Crippen LogP contribution in [-0.4, -0.2) is 42.0 Å². The third-order valence-electron chi connectivity index (χ3n) is 5.79. The second-order valence-corrected chi connectivity index (χ2v) is 8.17. The second kappa shape index (κ2) is 11.4. The lowest BCUT2D eigenvalue weighted by atomic mass is 9.88. The fourth-order valence-electron chi connectivity index (χ4n) is 4.24. The molecule has 1 aromatic rings. The van der Waals surface area contributed by atoms with E-state index in [2.05, 4.69) is 34.7 Å². The summed E-state index contributed by atoms with van der Waals surface area (Å²) in [6.45, 7) is 5.55. The Hall–Kier alpha value is -3.46. The van der Waals surface area contributed by atoms with E-state index in [1.54, 1.807) is 24.3 Å². The predicted molar refractivity (Wildman–Crippen MR) is 127 cm³/mol. The highest BCUT2D eigenvalue weighted by molar-refractivity contribution is 5.95. The van der Waals surface area contributed by atoms with Crippen molar-refractivity contribution in [3.8, 4) is 0 Å². The van der Waals surface area contributed by atoms with Crippen LogP contribution in [-0.2, 0) is 4.79 Å². The van der Waals surface area contributed by atoms with Crippen molar-refractivity contribution >= 4 is 17.4 Å². The van der Waals surface area contributed by atoms with Crippen molar-refractivity contribution in [1.82, 2.24) is 10.2 Å². The molecule has 0 fully saturated rings. The molecule has 9 nitrogen and oxygen atoms in total. The number of carbonyl (C=O) groups is 2. The van der Waals surface area contributed by atoms with Crippen molar-refractivity contribution < 1.29 is 9.59 Å². The fraction of sp³-hybridized carbons (Fsp3) is 0.417. The molecule has 174 valence electrons. The van der Waals surface area contributed by atoms with Gasteiger partial charge >= 0.3 is 5.91 Å². The molecule has 9 heteroatoms. The molecule has 1 aromatic carbocycles. The van der Waals surface area contributed by atoms with Crippen LogP contribution in [0.2, 0.25) is 0 Å². The number of hydrogen-bond donors (Lipinski definition) is 2. The van der Waals surface area contributed by atoms with Crippen molar-refractivity contribution in [2.24, 2.45) is 21.4 Å². The average molecular weight is 451 g/mol. The maximum absolute atomic E-state index is 13.3. The van der Waals surface area contributed by atoms with Crippen LogP contribution >= 0.6 is 0 Å². The largest absolute Gasteiger partial charge is 0.339 e. The minimum Gasteiger partial charge on any atom is -0.339 e. The maximum Gasteiger partial charge on any atom is 0.316 e. The molecule has 0 saturated carbocycles. The molecule has 2 amide bonds. The summed E-state index contributed by atoms with van der Waals surface area (Å²) in [5, 5.41) is 13.5. The maximum atomic E-state index is 13.3. The molecule has 0 spiro atoms. The summed E-state index contributed by atoms with van der Waals surface area (Å²) in [6, 6.07) is 6.72. The Labute approximate surface area is 193 Å². The first kappa shape index (κ1) is 24.2. The number of nitroso groups, excluding NO2 is 1. The highest BCUT2D eigenvalue weighted by atomic mass is 16.3. The number of fused-ring (bicyclic) bond motifs is 1. The number of rotatable bonds is 8. The van der Waals surface area contributed by atoms with E-state index >= 15 is 0 Å². The Morgan fingerprint density at radius 1 is 1.09 bits per heavy atom. The Bertz CT molecular complexity index is 1000. The number of carbonyl (C=O) groups excluding carboxylic acids is 2. The molecule has 3 N–H and O–H groups in total. The molecule has 0 radical (unpaired) electrons. The van der Waals surface area contributed by atoms with E-state index in [0.29, 0.717) is 31.5 Å². The van der Waals surface area contributed by atoms with E-state index in [1.807, 2.05) is 23.1 Å². The number of nitrogens with zero attached hydrogens (tertiary/aromatic N) is 4. The molecular formula is C24H30N6O3. The summed E-state index contributed by atoms with van der Waals surface area (Å²) in [5.74, 6) is 4.58. The first-order valence-corrected chi connectivity index (χ1v) is 11.3. The van der Waals surface area contributed by atoms with Gasteiger partial charge in [-0.2, -0.15) is 5.11 Å². The van der Waals surface area contributed by atoms with Gasteiger partial charge in [0, 0.05) is 41.9 Å². The van der Waals surface area contributed by atoms with E-state index in [1.165, 1.54) is 0 Å². The van der Waals surface area contributed by atoms with Crippen LogP contribution in [0.25, 0.3) is 5.57 Å². The van der Waals surface area contributed by atoms with E-state index in [-0.39, 0.29) is 17.5 Å². The zero-order valence-electron chi connectivity index (χ0n) is 19.0. The van der Waals surface area contributed by atoms with Gasteiger partial charge < -0.3 is 10.7 Å². The molecule has 0 aromatic heterocycles. The third-order valence-corrected chi connectivity index (χ3v) is 5.79. The van der Waals surface area contributed by atoms with Gasteiger partial charge in [-0.3, -0.25) is 14.9 Å². The van der Waals surface area contributed by atoms with Crippen molar-refractivity contribution in [1.29, 1.82) is 0 Å². The molecule has 1 aliphatic heterocycles. The molecule has 1 heterocycles. The Balaban J connectivity index is 1.91. The van der Waals surface area contributed by atoms with Gasteiger partial charge in [0.05, 0.1) is 0 Å². The highest BCUT2D eigenvalue weighted by Crippen LogP contribution is 2.32. The zero-order chi connectivity index (χ0) is 23.8. The number of amides is 2. The Morgan fingerprint density at radius 2 is 1.79 bits per heavy atom. The minimum absolute atomic E-state index is 0.0260. The Kier molecular flexibility index (Phi) is 8.37. The fourth-order valence-corrected chi connectivity index (χ4v) is 4.24. The summed E-state index contributed by atoms with van der Waals surface area (Å²) >= 11 is 0. The molecule has 2 unspecified atom stereocenters. The minimum atomic E-state index is -0.788. The number of allylic oxidation sites excluding steroid dienone is 2. The SMILES string of the molecule is CCCN(CCC)C(=O)C1=CC2=CC=C(c3ccc(C(=O)N=O)cc3)CC2NC(N=NN)C1. The molecule has 0 bridgehead atoms. The van der Waals surface area contributed by atoms with Gasteiger partial charge in [-0.15, -0.1) is 4.91 Å². The van der Waals surface area contributed by atoms with Crippen LogP contribution < -0.4 is 11.2 Å².